The van der Waals surface area contributed by atoms with Gasteiger partial charge in [-0.25, -0.2) is 9.13 Å². The van der Waals surface area contributed by atoms with E-state index >= 15 is 0 Å². The highest BCUT2D eigenvalue weighted by molar-refractivity contribution is 5.74. The van der Waals surface area contributed by atoms with Crippen molar-refractivity contribution in [3.63, 3.8) is 0 Å². The second kappa shape index (κ2) is 10.2. The normalized spacial score (nSPS) is 17.0. The van der Waals surface area contributed by atoms with Gasteiger partial charge in [0.15, 0.2) is 23.9 Å². The summed E-state index contributed by atoms with van der Waals surface area (Å²) in [5.74, 6) is 1.58. The van der Waals surface area contributed by atoms with E-state index in [2.05, 4.69) is 0 Å². The maximum absolute atomic E-state index is 6.01. The minimum Gasteiger partial charge on any atom is -0.485 e. The van der Waals surface area contributed by atoms with Crippen LogP contribution in [0.4, 0.5) is 0 Å². The van der Waals surface area contributed by atoms with Crippen molar-refractivity contribution in [1.29, 1.82) is 0 Å². The number of fused-ring (bicyclic) bond motifs is 3. The summed E-state index contributed by atoms with van der Waals surface area (Å²) < 4.78 is 32.5. The monoisotopic (exact) mass is 376 g/mol. The van der Waals surface area contributed by atoms with Crippen LogP contribution in [0, 0.1) is 0 Å². The third kappa shape index (κ3) is 5.89. The van der Waals surface area contributed by atoms with E-state index in [1.165, 1.54) is 0 Å². The molecule has 0 aromatic carbocycles. The predicted octanol–water partition coefficient (Wildman–Crippen LogP) is 0.824. The fraction of sp³-hybridized carbons (Fsp3) is 0.500. The SMILES string of the molecule is C[n+]1ccc2c(c1)OCCOCCOCCOCCOc1c[n+](C)ccc1-2. The van der Waals surface area contributed by atoms with Crippen molar-refractivity contribution in [2.45, 2.75) is 0 Å². The quantitative estimate of drug-likeness (QED) is 0.638. The zero-order chi connectivity index (χ0) is 18.9. The summed E-state index contributed by atoms with van der Waals surface area (Å²) in [5, 5.41) is 0. The van der Waals surface area contributed by atoms with Crippen LogP contribution >= 0.6 is 0 Å². The molecule has 2 aromatic rings. The Hall–Kier alpha value is -2.22. The molecule has 7 heteroatoms. The van der Waals surface area contributed by atoms with Crippen molar-refractivity contribution in [2.75, 3.05) is 52.9 Å². The standard InChI is InChI=1S/C20H28N2O5/c1-21-5-3-17-18-4-6-22(2)16-20(18)27-14-12-25-10-8-23-7-9-24-11-13-26-19(17)15-21/h3-6,15-16H,7-14H2,1-2H3/q+2. The lowest BCUT2D eigenvalue weighted by molar-refractivity contribution is -0.672. The Morgan fingerprint density at radius 1 is 0.593 bits per heavy atom. The average Bonchev–Trinajstić information content (AvgIpc) is 2.66. The Kier molecular flexibility index (Phi) is 7.38. The molecule has 1 aliphatic heterocycles. The first-order valence-corrected chi connectivity index (χ1v) is 9.22. The van der Waals surface area contributed by atoms with Crippen LogP contribution < -0.4 is 18.6 Å². The number of rotatable bonds is 0. The smallest absolute Gasteiger partial charge is 0.211 e. The van der Waals surface area contributed by atoms with Crippen LogP contribution in [0.3, 0.4) is 0 Å². The molecule has 7 nitrogen and oxygen atoms in total. The molecule has 0 spiro atoms. The molecule has 27 heavy (non-hydrogen) atoms. The molecule has 3 heterocycles. The van der Waals surface area contributed by atoms with Gasteiger partial charge in [-0.05, 0) is 0 Å². The Bertz CT molecular complexity index is 677. The summed E-state index contributed by atoms with van der Waals surface area (Å²) in [5.41, 5.74) is 1.97. The third-order valence-corrected chi connectivity index (χ3v) is 4.13. The number of pyridine rings is 2. The highest BCUT2D eigenvalue weighted by Gasteiger charge is 2.18. The largest absolute Gasteiger partial charge is 0.485 e. The molecule has 0 atom stereocenters. The summed E-state index contributed by atoms with van der Waals surface area (Å²) in [4.78, 5) is 0. The first-order chi connectivity index (χ1) is 13.2. The highest BCUT2D eigenvalue weighted by atomic mass is 16.6. The topological polar surface area (TPSA) is 53.9 Å². The number of ether oxygens (including phenoxy) is 5. The van der Waals surface area contributed by atoms with Gasteiger partial charge in [0.1, 0.15) is 27.3 Å². The van der Waals surface area contributed by atoms with Crippen LogP contribution in [-0.4, -0.2) is 52.9 Å². The second-order valence-corrected chi connectivity index (χ2v) is 6.31. The van der Waals surface area contributed by atoms with E-state index in [1.807, 2.05) is 60.1 Å². The molecular weight excluding hydrogens is 348 g/mol. The molecule has 0 saturated heterocycles. The van der Waals surface area contributed by atoms with E-state index in [9.17, 15) is 0 Å². The minimum atomic E-state index is 0.469. The lowest BCUT2D eigenvalue weighted by Crippen LogP contribution is -2.28. The molecule has 0 fully saturated rings. The van der Waals surface area contributed by atoms with Gasteiger partial charge in [0.2, 0.25) is 12.4 Å². The van der Waals surface area contributed by atoms with Gasteiger partial charge in [0.05, 0.1) is 39.6 Å². The van der Waals surface area contributed by atoms with Gasteiger partial charge >= 0.3 is 0 Å². The minimum absolute atomic E-state index is 0.469. The van der Waals surface area contributed by atoms with Crippen molar-refractivity contribution < 1.29 is 32.8 Å². The molecule has 0 radical (unpaired) electrons. The third-order valence-electron chi connectivity index (χ3n) is 4.13. The molecular formula is C20H28N2O5+2. The number of hydrogen-bond acceptors (Lipinski definition) is 5. The molecule has 0 aliphatic carbocycles. The Morgan fingerprint density at radius 3 is 1.37 bits per heavy atom. The average molecular weight is 376 g/mol. The fourth-order valence-electron chi connectivity index (χ4n) is 2.78. The lowest BCUT2D eigenvalue weighted by atomic mass is 10.1. The van der Waals surface area contributed by atoms with Crippen molar-refractivity contribution >= 4 is 0 Å². The Morgan fingerprint density at radius 2 is 0.963 bits per heavy atom. The van der Waals surface area contributed by atoms with Crippen molar-refractivity contribution in [3.05, 3.63) is 36.9 Å². The molecule has 0 amide bonds. The number of aryl methyl sites for hydroxylation is 2. The number of hydrogen-bond donors (Lipinski definition) is 0. The Balaban J connectivity index is 1.86. The van der Waals surface area contributed by atoms with Crippen LogP contribution in [0.2, 0.25) is 0 Å². The van der Waals surface area contributed by atoms with E-state index < -0.39 is 0 Å². The zero-order valence-corrected chi connectivity index (χ0v) is 16.1. The van der Waals surface area contributed by atoms with Crippen molar-refractivity contribution in [3.8, 4) is 22.6 Å². The summed E-state index contributed by atoms with van der Waals surface area (Å²) in [6.45, 7) is 4.13. The molecule has 0 N–H and O–H groups in total. The summed E-state index contributed by atoms with van der Waals surface area (Å²) in [7, 11) is 3.94. The molecule has 1 aliphatic rings. The fourth-order valence-corrected chi connectivity index (χ4v) is 2.78. The van der Waals surface area contributed by atoms with Gasteiger partial charge in [-0.15, -0.1) is 0 Å². The first-order valence-electron chi connectivity index (χ1n) is 9.22. The zero-order valence-electron chi connectivity index (χ0n) is 16.1. The summed E-state index contributed by atoms with van der Waals surface area (Å²) >= 11 is 0. The van der Waals surface area contributed by atoms with Gasteiger partial charge in [-0.2, -0.15) is 0 Å². The van der Waals surface area contributed by atoms with Crippen molar-refractivity contribution in [2.24, 2.45) is 14.1 Å². The van der Waals surface area contributed by atoms with E-state index in [0.29, 0.717) is 52.9 Å². The maximum atomic E-state index is 6.01. The predicted molar refractivity (Wildman–Crippen MR) is 97.7 cm³/mol. The van der Waals surface area contributed by atoms with Crippen LogP contribution in [-0.2, 0) is 28.3 Å². The van der Waals surface area contributed by atoms with Gasteiger partial charge in [0, 0.05) is 23.3 Å². The van der Waals surface area contributed by atoms with Gasteiger partial charge in [0.25, 0.3) is 0 Å². The molecule has 3 rings (SSSR count). The second-order valence-electron chi connectivity index (χ2n) is 6.31. The lowest BCUT2D eigenvalue weighted by Gasteiger charge is -2.13. The summed E-state index contributed by atoms with van der Waals surface area (Å²) in [6.07, 6.45) is 7.93. The van der Waals surface area contributed by atoms with Crippen LogP contribution in [0.15, 0.2) is 36.9 Å². The molecule has 0 bridgehead atoms. The van der Waals surface area contributed by atoms with Crippen LogP contribution in [0.5, 0.6) is 11.5 Å². The van der Waals surface area contributed by atoms with Gasteiger partial charge < -0.3 is 23.7 Å². The van der Waals surface area contributed by atoms with Crippen molar-refractivity contribution in [1.82, 2.24) is 0 Å². The van der Waals surface area contributed by atoms with E-state index in [1.54, 1.807) is 0 Å². The summed E-state index contributed by atoms with van der Waals surface area (Å²) in [6, 6.07) is 4.08. The van der Waals surface area contributed by atoms with E-state index in [-0.39, 0.29) is 0 Å². The first kappa shape index (κ1) is 19.5. The number of nitrogens with zero attached hydrogens (tertiary/aromatic N) is 2. The van der Waals surface area contributed by atoms with E-state index in [0.717, 1.165) is 22.6 Å². The highest BCUT2D eigenvalue weighted by Crippen LogP contribution is 2.34. The molecule has 0 saturated carbocycles. The number of aromatic nitrogens is 2. The molecule has 146 valence electrons. The van der Waals surface area contributed by atoms with E-state index in [4.69, 9.17) is 23.7 Å². The van der Waals surface area contributed by atoms with Crippen LogP contribution in [0.1, 0.15) is 0 Å². The molecule has 2 aromatic heterocycles. The Labute approximate surface area is 160 Å². The van der Waals surface area contributed by atoms with Crippen LogP contribution in [0.25, 0.3) is 11.1 Å². The maximum Gasteiger partial charge on any atom is 0.211 e. The molecule has 0 unspecified atom stereocenters. The van der Waals surface area contributed by atoms with Gasteiger partial charge in [-0.3, -0.25) is 0 Å². The van der Waals surface area contributed by atoms with Gasteiger partial charge in [-0.1, -0.05) is 0 Å².